The maximum Gasteiger partial charge on any atom is 0.314 e. The third-order valence-corrected chi connectivity index (χ3v) is 1.48. The molecule has 4 heteroatoms. The molecule has 0 atom stereocenters. The Morgan fingerprint density at radius 3 is 2.91 bits per heavy atom. The number of nitrogens with one attached hydrogen (secondary N) is 1. The molecule has 0 bridgehead atoms. The molecule has 0 aliphatic rings. The van der Waals surface area contributed by atoms with E-state index in [1.807, 2.05) is 24.3 Å². The maximum absolute atomic E-state index is 4.92. The normalized spacial score (nSPS) is 10.3. The zero-order valence-corrected chi connectivity index (χ0v) is 5.74. The van der Waals surface area contributed by atoms with Crippen LogP contribution in [0.15, 0.2) is 24.3 Å². The summed E-state index contributed by atoms with van der Waals surface area (Å²) in [6.45, 7) is 0. The monoisotopic (exact) mass is 149 g/mol. The minimum absolute atomic E-state index is 0.339. The smallest absolute Gasteiger partial charge is 0.314 e. The average molecular weight is 149 g/mol. The third-order valence-electron chi connectivity index (χ3n) is 1.48. The highest BCUT2D eigenvalue weighted by Crippen LogP contribution is 2.13. The first kappa shape index (κ1) is 6.18. The van der Waals surface area contributed by atoms with Crippen LogP contribution in [0.2, 0.25) is 0 Å². The Balaban J connectivity index is 2.69. The molecule has 56 valence electrons. The number of aromatic nitrogens is 2. The van der Waals surface area contributed by atoms with E-state index in [0.717, 1.165) is 11.0 Å². The van der Waals surface area contributed by atoms with Crippen molar-refractivity contribution in [3.63, 3.8) is 0 Å². The zero-order chi connectivity index (χ0) is 7.68. The van der Waals surface area contributed by atoms with Gasteiger partial charge in [-0.3, -0.25) is 0 Å². The first-order valence-electron chi connectivity index (χ1n) is 3.21. The van der Waals surface area contributed by atoms with Crippen LogP contribution >= 0.6 is 0 Å². The summed E-state index contributed by atoms with van der Waals surface area (Å²) in [6.07, 6.45) is 0. The minimum atomic E-state index is 0.339. The summed E-state index contributed by atoms with van der Waals surface area (Å²) in [4.78, 5) is 11.3. The van der Waals surface area contributed by atoms with Crippen molar-refractivity contribution in [2.24, 2.45) is 5.90 Å². The Kier molecular flexibility index (Phi) is 1.26. The Morgan fingerprint density at radius 2 is 2.18 bits per heavy atom. The zero-order valence-electron chi connectivity index (χ0n) is 5.74. The summed E-state index contributed by atoms with van der Waals surface area (Å²) in [5.74, 6) is 4.92. The van der Waals surface area contributed by atoms with E-state index in [1.165, 1.54) is 0 Å². The van der Waals surface area contributed by atoms with Gasteiger partial charge in [-0.25, -0.2) is 0 Å². The molecule has 0 aliphatic carbocycles. The van der Waals surface area contributed by atoms with Crippen LogP contribution in [0.3, 0.4) is 0 Å². The van der Waals surface area contributed by atoms with Crippen LogP contribution in [-0.4, -0.2) is 9.97 Å². The van der Waals surface area contributed by atoms with E-state index < -0.39 is 0 Å². The molecule has 0 radical (unpaired) electrons. The highest BCUT2D eigenvalue weighted by molar-refractivity contribution is 5.75. The number of hydrogen-bond donors (Lipinski definition) is 2. The van der Waals surface area contributed by atoms with Crippen molar-refractivity contribution < 1.29 is 4.84 Å². The van der Waals surface area contributed by atoms with Gasteiger partial charge in [-0.15, -0.1) is 0 Å². The highest BCUT2D eigenvalue weighted by atomic mass is 16.6. The van der Waals surface area contributed by atoms with E-state index in [-0.39, 0.29) is 0 Å². The van der Waals surface area contributed by atoms with Crippen molar-refractivity contribution >= 4 is 11.0 Å². The van der Waals surface area contributed by atoms with Crippen molar-refractivity contribution in [2.75, 3.05) is 0 Å². The second-order valence-electron chi connectivity index (χ2n) is 2.18. The average Bonchev–Trinajstić information content (AvgIpc) is 2.46. The topological polar surface area (TPSA) is 63.9 Å². The number of nitrogens with zero attached hydrogens (tertiary/aromatic N) is 1. The van der Waals surface area contributed by atoms with Gasteiger partial charge in [-0.2, -0.15) is 10.9 Å². The molecule has 1 aromatic carbocycles. The van der Waals surface area contributed by atoms with Crippen molar-refractivity contribution in [3.8, 4) is 6.01 Å². The summed E-state index contributed by atoms with van der Waals surface area (Å²) in [5, 5.41) is 0. The first-order valence-corrected chi connectivity index (χ1v) is 3.21. The molecule has 2 aromatic rings. The van der Waals surface area contributed by atoms with E-state index in [4.69, 9.17) is 5.90 Å². The number of para-hydroxylation sites is 2. The highest BCUT2D eigenvalue weighted by Gasteiger charge is 1.99. The third kappa shape index (κ3) is 0.929. The lowest BCUT2D eigenvalue weighted by atomic mass is 10.3. The van der Waals surface area contributed by atoms with Gasteiger partial charge in [-0.05, 0) is 12.1 Å². The van der Waals surface area contributed by atoms with Crippen LogP contribution in [0.25, 0.3) is 11.0 Å². The van der Waals surface area contributed by atoms with Gasteiger partial charge in [0.1, 0.15) is 0 Å². The molecule has 0 saturated heterocycles. The molecule has 0 spiro atoms. The van der Waals surface area contributed by atoms with Crippen LogP contribution < -0.4 is 10.7 Å². The quantitative estimate of drug-likeness (QED) is 0.590. The van der Waals surface area contributed by atoms with Gasteiger partial charge in [0.15, 0.2) is 0 Å². The number of hydrogen-bond acceptors (Lipinski definition) is 3. The van der Waals surface area contributed by atoms with Gasteiger partial charge in [0.05, 0.1) is 11.0 Å². The summed E-state index contributed by atoms with van der Waals surface area (Å²) >= 11 is 0. The fraction of sp³-hybridized carbons (Fsp3) is 0. The van der Waals surface area contributed by atoms with Gasteiger partial charge in [0.25, 0.3) is 0 Å². The number of fused-ring (bicyclic) bond motifs is 1. The Bertz CT molecular complexity index is 335. The summed E-state index contributed by atoms with van der Waals surface area (Å²) in [6, 6.07) is 7.95. The SMILES string of the molecule is NOc1nc2ccccc2[nH]1. The van der Waals surface area contributed by atoms with E-state index in [2.05, 4.69) is 14.8 Å². The van der Waals surface area contributed by atoms with Crippen molar-refractivity contribution in [2.45, 2.75) is 0 Å². The Labute approximate surface area is 62.9 Å². The number of aromatic amines is 1. The summed E-state index contributed by atoms with van der Waals surface area (Å²) < 4.78 is 0. The second kappa shape index (κ2) is 2.25. The molecule has 3 N–H and O–H groups in total. The fourth-order valence-electron chi connectivity index (χ4n) is 0.985. The molecular formula is C7H7N3O. The molecule has 0 amide bonds. The van der Waals surface area contributed by atoms with Crippen LogP contribution in [0, 0.1) is 0 Å². The van der Waals surface area contributed by atoms with E-state index in [1.54, 1.807) is 0 Å². The lowest BCUT2D eigenvalue weighted by molar-refractivity contribution is 0.311. The van der Waals surface area contributed by atoms with Crippen LogP contribution in [0.5, 0.6) is 6.01 Å². The first-order chi connectivity index (χ1) is 5.40. The molecule has 0 saturated carbocycles. The number of rotatable bonds is 1. The molecule has 4 nitrogen and oxygen atoms in total. The van der Waals surface area contributed by atoms with Crippen molar-refractivity contribution in [1.29, 1.82) is 0 Å². The number of nitrogens with two attached hydrogens (primary N) is 1. The number of imidazole rings is 1. The number of H-pyrrole nitrogens is 1. The molecule has 2 rings (SSSR count). The van der Waals surface area contributed by atoms with Gasteiger partial charge in [-0.1, -0.05) is 12.1 Å². The molecule has 0 aliphatic heterocycles. The molecule has 0 fully saturated rings. The van der Waals surface area contributed by atoms with Gasteiger partial charge >= 0.3 is 6.01 Å². The molecule has 11 heavy (non-hydrogen) atoms. The molecule has 1 aromatic heterocycles. The van der Waals surface area contributed by atoms with Crippen LogP contribution in [0.1, 0.15) is 0 Å². The molecule has 0 unspecified atom stereocenters. The lowest BCUT2D eigenvalue weighted by Gasteiger charge is -1.85. The van der Waals surface area contributed by atoms with E-state index >= 15 is 0 Å². The van der Waals surface area contributed by atoms with E-state index in [9.17, 15) is 0 Å². The van der Waals surface area contributed by atoms with Crippen LogP contribution in [0.4, 0.5) is 0 Å². The predicted molar refractivity (Wildman–Crippen MR) is 40.9 cm³/mol. The van der Waals surface area contributed by atoms with Crippen molar-refractivity contribution in [1.82, 2.24) is 9.97 Å². The lowest BCUT2D eigenvalue weighted by Crippen LogP contribution is -2.02. The standard InChI is InChI=1S/C7H7N3O/c8-11-7-9-5-3-1-2-4-6(5)10-7/h1-4H,8H2,(H,9,10). The largest absolute Gasteiger partial charge is 0.373 e. The summed E-state index contributed by atoms with van der Waals surface area (Å²) in [5.41, 5.74) is 1.78. The Hall–Kier alpha value is -1.55. The fourth-order valence-corrected chi connectivity index (χ4v) is 0.985. The maximum atomic E-state index is 4.92. The molecule has 1 heterocycles. The Morgan fingerprint density at radius 1 is 1.36 bits per heavy atom. The molecular weight excluding hydrogens is 142 g/mol. The van der Waals surface area contributed by atoms with Crippen LogP contribution in [-0.2, 0) is 0 Å². The van der Waals surface area contributed by atoms with Gasteiger partial charge < -0.3 is 9.82 Å². The van der Waals surface area contributed by atoms with Gasteiger partial charge in [0.2, 0.25) is 0 Å². The second-order valence-corrected chi connectivity index (χ2v) is 2.18. The number of benzene rings is 1. The van der Waals surface area contributed by atoms with E-state index in [0.29, 0.717) is 6.01 Å². The minimum Gasteiger partial charge on any atom is -0.373 e. The van der Waals surface area contributed by atoms with Gasteiger partial charge in [0, 0.05) is 0 Å². The predicted octanol–water partition coefficient (Wildman–Crippen LogP) is 0.815. The van der Waals surface area contributed by atoms with Crippen molar-refractivity contribution in [3.05, 3.63) is 24.3 Å². The summed E-state index contributed by atoms with van der Waals surface area (Å²) in [7, 11) is 0.